The van der Waals surface area contributed by atoms with Crippen molar-refractivity contribution in [2.24, 2.45) is 0 Å². The van der Waals surface area contributed by atoms with Crippen molar-refractivity contribution in [1.29, 1.82) is 0 Å². The monoisotopic (exact) mass is 347 g/mol. The quantitative estimate of drug-likeness (QED) is 0.801. The van der Waals surface area contributed by atoms with Gasteiger partial charge in [-0.1, -0.05) is 0 Å². The number of thiazole rings is 1. The van der Waals surface area contributed by atoms with Crippen LogP contribution in [0.5, 0.6) is 0 Å². The zero-order valence-corrected chi connectivity index (χ0v) is 14.9. The highest BCUT2D eigenvalue weighted by Gasteiger charge is 2.28. The molecular weight excluding hydrogens is 326 g/mol. The first kappa shape index (κ1) is 16.7. The van der Waals surface area contributed by atoms with Gasteiger partial charge in [-0.15, -0.1) is 11.3 Å². The number of hydrogen-bond acceptors (Lipinski definition) is 5. The number of ether oxygens (including phenoxy) is 1. The minimum absolute atomic E-state index is 0.0669. The third-order valence-electron chi connectivity index (χ3n) is 4.42. The molecule has 1 aliphatic heterocycles. The summed E-state index contributed by atoms with van der Waals surface area (Å²) in [5, 5.41) is 0.917. The van der Waals surface area contributed by atoms with Crippen molar-refractivity contribution in [2.45, 2.75) is 32.7 Å². The van der Waals surface area contributed by atoms with E-state index < -0.39 is 0 Å². The lowest BCUT2D eigenvalue weighted by atomic mass is 10.0. The van der Waals surface area contributed by atoms with Gasteiger partial charge in [-0.3, -0.25) is 4.79 Å². The molecule has 2 aromatic rings. The van der Waals surface area contributed by atoms with Crippen LogP contribution < -0.4 is 0 Å². The SMILES string of the molecule is COC(=O)c1cccn1C1CCN(C(=O)c2sc(C)nc2C)CC1. The number of carbonyl (C=O) groups is 2. The highest BCUT2D eigenvalue weighted by molar-refractivity contribution is 7.13. The van der Waals surface area contributed by atoms with Gasteiger partial charge in [0.25, 0.3) is 5.91 Å². The molecule has 0 saturated carbocycles. The number of rotatable bonds is 3. The Morgan fingerprint density at radius 3 is 2.58 bits per heavy atom. The Balaban J connectivity index is 1.68. The first-order valence-electron chi connectivity index (χ1n) is 7.99. The van der Waals surface area contributed by atoms with E-state index in [0.29, 0.717) is 18.8 Å². The van der Waals surface area contributed by atoms with Gasteiger partial charge >= 0.3 is 5.97 Å². The fourth-order valence-corrected chi connectivity index (χ4v) is 4.10. The second kappa shape index (κ2) is 6.76. The molecule has 0 atom stereocenters. The van der Waals surface area contributed by atoms with Gasteiger partial charge in [0.15, 0.2) is 0 Å². The van der Waals surface area contributed by atoms with Gasteiger partial charge in [0.2, 0.25) is 0 Å². The molecular formula is C17H21N3O3S. The molecule has 3 rings (SSSR count). The maximum atomic E-state index is 12.7. The van der Waals surface area contributed by atoms with Gasteiger partial charge in [0.05, 0.1) is 17.8 Å². The van der Waals surface area contributed by atoms with Crippen molar-refractivity contribution in [3.8, 4) is 0 Å². The van der Waals surface area contributed by atoms with Crippen LogP contribution in [0.3, 0.4) is 0 Å². The van der Waals surface area contributed by atoms with E-state index in [1.807, 2.05) is 35.6 Å². The lowest BCUT2D eigenvalue weighted by molar-refractivity contribution is 0.0573. The van der Waals surface area contributed by atoms with E-state index in [4.69, 9.17) is 4.74 Å². The van der Waals surface area contributed by atoms with E-state index in [0.717, 1.165) is 28.4 Å². The molecule has 3 heterocycles. The molecule has 0 aliphatic carbocycles. The molecule has 2 aromatic heterocycles. The molecule has 1 fully saturated rings. The number of likely N-dealkylation sites (tertiary alicyclic amines) is 1. The number of esters is 1. The van der Waals surface area contributed by atoms with E-state index >= 15 is 0 Å². The highest BCUT2D eigenvalue weighted by Crippen LogP contribution is 2.27. The average Bonchev–Trinajstić information content (AvgIpc) is 3.20. The Bertz CT molecular complexity index is 757. The largest absolute Gasteiger partial charge is 0.464 e. The van der Waals surface area contributed by atoms with Gasteiger partial charge in [0.1, 0.15) is 10.6 Å². The summed E-state index contributed by atoms with van der Waals surface area (Å²) in [4.78, 5) is 31.4. The van der Waals surface area contributed by atoms with Gasteiger partial charge < -0.3 is 14.2 Å². The van der Waals surface area contributed by atoms with E-state index in [-0.39, 0.29) is 17.9 Å². The first-order chi connectivity index (χ1) is 11.5. The van der Waals surface area contributed by atoms with Crippen LogP contribution >= 0.6 is 11.3 Å². The predicted molar refractivity (Wildman–Crippen MR) is 91.5 cm³/mol. The van der Waals surface area contributed by atoms with Crippen LogP contribution in [0, 0.1) is 13.8 Å². The van der Waals surface area contributed by atoms with E-state index in [1.54, 1.807) is 6.07 Å². The molecule has 6 nitrogen and oxygen atoms in total. The third kappa shape index (κ3) is 3.08. The highest BCUT2D eigenvalue weighted by atomic mass is 32.1. The van der Waals surface area contributed by atoms with Crippen molar-refractivity contribution < 1.29 is 14.3 Å². The maximum Gasteiger partial charge on any atom is 0.354 e. The molecule has 0 aromatic carbocycles. The first-order valence-corrected chi connectivity index (χ1v) is 8.81. The Kier molecular flexibility index (Phi) is 4.71. The Morgan fingerprint density at radius 2 is 2.00 bits per heavy atom. The number of piperidine rings is 1. The Labute approximate surface area is 145 Å². The second-order valence-corrected chi connectivity index (χ2v) is 7.17. The van der Waals surface area contributed by atoms with Gasteiger partial charge in [-0.2, -0.15) is 0 Å². The van der Waals surface area contributed by atoms with Crippen LogP contribution in [0.15, 0.2) is 18.3 Å². The summed E-state index contributed by atoms with van der Waals surface area (Å²) in [6.07, 6.45) is 3.55. The Morgan fingerprint density at radius 1 is 1.29 bits per heavy atom. The fourth-order valence-electron chi connectivity index (χ4n) is 3.21. The smallest absolute Gasteiger partial charge is 0.354 e. The van der Waals surface area contributed by atoms with Crippen molar-refractivity contribution in [3.05, 3.63) is 39.6 Å². The van der Waals surface area contributed by atoms with Gasteiger partial charge in [0, 0.05) is 25.3 Å². The molecule has 0 radical (unpaired) electrons. The number of aromatic nitrogens is 2. The minimum atomic E-state index is -0.325. The number of methoxy groups -OCH3 is 1. The summed E-state index contributed by atoms with van der Waals surface area (Å²) in [6, 6.07) is 3.84. The molecule has 0 unspecified atom stereocenters. The van der Waals surface area contributed by atoms with Crippen LogP contribution in [0.1, 0.15) is 49.7 Å². The van der Waals surface area contributed by atoms with E-state index in [9.17, 15) is 9.59 Å². The van der Waals surface area contributed by atoms with Crippen molar-refractivity contribution in [1.82, 2.24) is 14.5 Å². The summed E-state index contributed by atoms with van der Waals surface area (Å²) in [7, 11) is 1.39. The van der Waals surface area contributed by atoms with Crippen molar-refractivity contribution in [2.75, 3.05) is 20.2 Å². The lowest BCUT2D eigenvalue weighted by Gasteiger charge is -2.33. The molecule has 0 N–H and O–H groups in total. The fraction of sp³-hybridized carbons (Fsp3) is 0.471. The number of nitrogens with zero attached hydrogens (tertiary/aromatic N) is 3. The lowest BCUT2D eigenvalue weighted by Crippen LogP contribution is -2.39. The third-order valence-corrected chi connectivity index (χ3v) is 5.48. The maximum absolute atomic E-state index is 12.7. The summed E-state index contributed by atoms with van der Waals surface area (Å²) in [5.41, 5.74) is 1.37. The molecule has 1 saturated heterocycles. The average molecular weight is 347 g/mol. The molecule has 7 heteroatoms. The number of amides is 1. The topological polar surface area (TPSA) is 64.4 Å². The van der Waals surface area contributed by atoms with Crippen LogP contribution in [0.25, 0.3) is 0 Å². The standard InChI is InChI=1S/C17H21N3O3S/c1-11-15(24-12(2)18-11)16(21)19-9-6-13(7-10-19)20-8-4-5-14(20)17(22)23-3/h4-5,8,13H,6-7,9-10H2,1-3H3. The van der Waals surface area contributed by atoms with Gasteiger partial charge in [-0.25, -0.2) is 9.78 Å². The molecule has 1 amide bonds. The zero-order chi connectivity index (χ0) is 17.3. The van der Waals surface area contributed by atoms with Crippen LogP contribution in [-0.2, 0) is 4.74 Å². The predicted octanol–water partition coefficient (Wildman–Crippen LogP) is 2.83. The van der Waals surface area contributed by atoms with Gasteiger partial charge in [-0.05, 0) is 38.8 Å². The number of carbonyl (C=O) groups excluding carboxylic acids is 2. The van der Waals surface area contributed by atoms with E-state index in [2.05, 4.69) is 4.98 Å². The molecule has 0 bridgehead atoms. The summed E-state index contributed by atoms with van der Waals surface area (Å²) >= 11 is 1.46. The Hall–Kier alpha value is -2.15. The minimum Gasteiger partial charge on any atom is -0.464 e. The number of hydrogen-bond donors (Lipinski definition) is 0. The van der Waals surface area contributed by atoms with Crippen LogP contribution in [-0.4, -0.2) is 46.5 Å². The molecule has 1 aliphatic rings. The van der Waals surface area contributed by atoms with Crippen molar-refractivity contribution >= 4 is 23.2 Å². The molecule has 0 spiro atoms. The summed E-state index contributed by atoms with van der Waals surface area (Å²) in [6.45, 7) is 5.16. The van der Waals surface area contributed by atoms with Crippen molar-refractivity contribution in [3.63, 3.8) is 0 Å². The molecule has 128 valence electrons. The van der Waals surface area contributed by atoms with Crippen LogP contribution in [0.4, 0.5) is 0 Å². The normalized spacial score (nSPS) is 15.5. The summed E-state index contributed by atoms with van der Waals surface area (Å²) in [5.74, 6) is -0.258. The molecule has 24 heavy (non-hydrogen) atoms. The second-order valence-electron chi connectivity index (χ2n) is 5.96. The van der Waals surface area contributed by atoms with E-state index in [1.165, 1.54) is 18.4 Å². The van der Waals surface area contributed by atoms with Crippen LogP contribution in [0.2, 0.25) is 0 Å². The zero-order valence-electron chi connectivity index (χ0n) is 14.1. The number of aryl methyl sites for hydroxylation is 2. The summed E-state index contributed by atoms with van der Waals surface area (Å²) < 4.78 is 6.80.